The molecule has 3 N–H and O–H groups in total. The molecule has 3 aromatic rings. The van der Waals surface area contributed by atoms with Crippen molar-refractivity contribution in [3.05, 3.63) is 52.0 Å². The summed E-state index contributed by atoms with van der Waals surface area (Å²) >= 11 is 7.03. The maximum absolute atomic E-state index is 12.9. The molecule has 0 spiro atoms. The van der Waals surface area contributed by atoms with Gasteiger partial charge in [0.1, 0.15) is 12.0 Å². The van der Waals surface area contributed by atoms with E-state index in [0.717, 1.165) is 29.8 Å². The molecule has 0 atom stereocenters. The molecule has 0 radical (unpaired) electrons. The van der Waals surface area contributed by atoms with Gasteiger partial charge in [-0.15, -0.1) is 0 Å². The number of nitrogens with one attached hydrogen (secondary N) is 2. The van der Waals surface area contributed by atoms with E-state index in [-0.39, 0.29) is 39.3 Å². The minimum absolute atomic E-state index is 0.0758. The van der Waals surface area contributed by atoms with Crippen LogP contribution in [0.5, 0.6) is 5.75 Å². The number of amides is 1. The Morgan fingerprint density at radius 3 is 2.73 bits per heavy atom. The Kier molecular flexibility index (Phi) is 7.90. The lowest BCUT2D eigenvalue weighted by Crippen LogP contribution is -2.32. The van der Waals surface area contributed by atoms with Crippen LogP contribution < -0.4 is 10.6 Å². The number of phenols is 1. The smallest absolute Gasteiger partial charge is 0.416 e. The summed E-state index contributed by atoms with van der Waals surface area (Å²) in [6.45, 7) is 1.43. The van der Waals surface area contributed by atoms with E-state index in [1.54, 1.807) is 11.9 Å². The first kappa shape index (κ1) is 24.9. The van der Waals surface area contributed by atoms with Crippen molar-refractivity contribution >= 4 is 50.5 Å². The van der Waals surface area contributed by atoms with Crippen molar-refractivity contribution in [2.24, 2.45) is 0 Å². The van der Waals surface area contributed by atoms with Crippen LogP contribution in [0.15, 0.2) is 30.3 Å². The zero-order valence-corrected chi connectivity index (χ0v) is 18.9. The number of hydrogen-bond acceptors (Lipinski definition) is 7. The molecule has 33 heavy (non-hydrogen) atoms. The Bertz CT molecular complexity index is 1170. The minimum atomic E-state index is -4.49. The van der Waals surface area contributed by atoms with Gasteiger partial charge in [-0.05, 0) is 37.4 Å². The van der Waals surface area contributed by atoms with E-state index in [2.05, 4.69) is 15.6 Å². The van der Waals surface area contributed by atoms with E-state index in [4.69, 9.17) is 11.6 Å². The van der Waals surface area contributed by atoms with Crippen LogP contribution in [-0.2, 0) is 17.5 Å². The summed E-state index contributed by atoms with van der Waals surface area (Å²) in [5.74, 6) is -1.03. The number of carbonyl (C=O) groups excluding carboxylic acids is 2. The van der Waals surface area contributed by atoms with E-state index in [1.165, 1.54) is 18.2 Å². The summed E-state index contributed by atoms with van der Waals surface area (Å²) in [7, 11) is 1.77. The number of likely N-dealkylation sites (N-methyl/N-ethyl adjacent to an activating group) is 1. The fraction of sp³-hybridized carbons (Fsp3) is 0.286. The fourth-order valence-electron chi connectivity index (χ4n) is 3.12. The van der Waals surface area contributed by atoms with Gasteiger partial charge in [-0.2, -0.15) is 13.2 Å². The van der Waals surface area contributed by atoms with Gasteiger partial charge in [0.25, 0.3) is 5.91 Å². The number of fused-ring (bicyclic) bond motifs is 1. The molecule has 1 aromatic heterocycles. The zero-order chi connectivity index (χ0) is 24.2. The lowest BCUT2D eigenvalue weighted by Gasteiger charge is -2.21. The molecular formula is C21H20ClF3N4O3S. The second-order valence-corrected chi connectivity index (χ2v) is 8.59. The number of alkyl halides is 3. The molecule has 12 heteroatoms. The third-order valence-corrected chi connectivity index (χ3v) is 5.89. The Morgan fingerprint density at radius 2 is 2.06 bits per heavy atom. The molecule has 0 aliphatic heterocycles. The number of halogens is 4. The van der Waals surface area contributed by atoms with Crippen molar-refractivity contribution in [1.29, 1.82) is 0 Å². The predicted molar refractivity (Wildman–Crippen MR) is 121 cm³/mol. The monoisotopic (exact) mass is 500 g/mol. The quantitative estimate of drug-likeness (QED) is 0.382. The highest BCUT2D eigenvalue weighted by Crippen LogP contribution is 2.35. The summed E-state index contributed by atoms with van der Waals surface area (Å²) in [4.78, 5) is 29.7. The second-order valence-electron chi connectivity index (χ2n) is 7.12. The standard InChI is InChI=1S/C21H20ClF3N4O3S/c1-26-4-5-29(6-7-30)11-12-8-14(22)10-15(18(12)31)19(32)28-20-27-16-3-2-13(21(23,24)25)9-17(16)33-20/h2-3,7-10,26,31H,4-6,11H2,1H3,(H,27,28,32). The van der Waals surface area contributed by atoms with Crippen LogP contribution in [-0.4, -0.2) is 53.9 Å². The van der Waals surface area contributed by atoms with Gasteiger partial charge in [0.05, 0.1) is 27.9 Å². The molecule has 7 nitrogen and oxygen atoms in total. The lowest BCUT2D eigenvalue weighted by atomic mass is 10.1. The highest BCUT2D eigenvalue weighted by molar-refractivity contribution is 7.22. The molecule has 3 rings (SSSR count). The summed E-state index contributed by atoms with van der Waals surface area (Å²) < 4.78 is 39.0. The summed E-state index contributed by atoms with van der Waals surface area (Å²) in [6.07, 6.45) is -3.75. The molecule has 0 aliphatic rings. The Morgan fingerprint density at radius 1 is 1.30 bits per heavy atom. The van der Waals surface area contributed by atoms with Crippen LogP contribution in [0.4, 0.5) is 18.3 Å². The topological polar surface area (TPSA) is 94.6 Å². The Balaban J connectivity index is 1.84. The number of aromatic nitrogens is 1. The van der Waals surface area contributed by atoms with Crippen LogP contribution in [0.25, 0.3) is 10.2 Å². The molecule has 0 unspecified atom stereocenters. The van der Waals surface area contributed by atoms with Gasteiger partial charge in [-0.3, -0.25) is 15.0 Å². The van der Waals surface area contributed by atoms with Gasteiger partial charge in [0.2, 0.25) is 0 Å². The Labute approximate surface area is 196 Å². The zero-order valence-electron chi connectivity index (χ0n) is 17.4. The second kappa shape index (κ2) is 10.5. The first-order valence-electron chi connectivity index (χ1n) is 9.73. The summed E-state index contributed by atoms with van der Waals surface area (Å²) in [5, 5.41) is 16.4. The minimum Gasteiger partial charge on any atom is -0.507 e. The molecule has 0 saturated heterocycles. The van der Waals surface area contributed by atoms with Crippen molar-refractivity contribution in [3.63, 3.8) is 0 Å². The van der Waals surface area contributed by atoms with Gasteiger partial charge in [-0.25, -0.2) is 4.98 Å². The number of thiazole rings is 1. The first-order valence-corrected chi connectivity index (χ1v) is 10.9. The number of anilines is 1. The van der Waals surface area contributed by atoms with Crippen LogP contribution in [0.1, 0.15) is 21.5 Å². The fourth-order valence-corrected chi connectivity index (χ4v) is 4.26. The van der Waals surface area contributed by atoms with E-state index >= 15 is 0 Å². The molecule has 0 fully saturated rings. The number of hydrogen-bond donors (Lipinski definition) is 3. The molecule has 0 saturated carbocycles. The molecule has 0 bridgehead atoms. The molecule has 1 amide bonds. The van der Waals surface area contributed by atoms with Crippen molar-refractivity contribution in [2.45, 2.75) is 12.7 Å². The lowest BCUT2D eigenvalue weighted by molar-refractivity contribution is -0.137. The van der Waals surface area contributed by atoms with E-state index in [0.29, 0.717) is 24.2 Å². The number of nitrogens with zero attached hydrogens (tertiary/aromatic N) is 2. The number of rotatable bonds is 9. The molecule has 2 aromatic carbocycles. The molecule has 0 aliphatic carbocycles. The van der Waals surface area contributed by atoms with Gasteiger partial charge in [0.15, 0.2) is 5.13 Å². The normalized spacial score (nSPS) is 11.8. The SMILES string of the molecule is CNCCN(CC=O)Cc1cc(Cl)cc(C(=O)Nc2nc3ccc(C(F)(F)F)cc3s2)c1O. The molecular weight excluding hydrogens is 481 g/mol. The van der Waals surface area contributed by atoms with Crippen molar-refractivity contribution in [2.75, 3.05) is 32.0 Å². The number of carbonyl (C=O) groups is 2. The Hall–Kier alpha value is -2.73. The molecule has 1 heterocycles. The van der Waals surface area contributed by atoms with Crippen LogP contribution >= 0.6 is 22.9 Å². The summed E-state index contributed by atoms with van der Waals surface area (Å²) in [6, 6.07) is 5.89. The predicted octanol–water partition coefficient (Wildman–Crippen LogP) is 4.15. The molecule has 176 valence electrons. The van der Waals surface area contributed by atoms with Crippen LogP contribution in [0.2, 0.25) is 5.02 Å². The number of aromatic hydroxyl groups is 1. The van der Waals surface area contributed by atoms with Gasteiger partial charge in [0, 0.05) is 30.2 Å². The highest BCUT2D eigenvalue weighted by Gasteiger charge is 2.31. The average Bonchev–Trinajstić information content (AvgIpc) is 3.15. The third-order valence-electron chi connectivity index (χ3n) is 4.74. The number of aldehydes is 1. The maximum Gasteiger partial charge on any atom is 0.416 e. The largest absolute Gasteiger partial charge is 0.507 e. The first-order chi connectivity index (χ1) is 15.6. The van der Waals surface area contributed by atoms with Gasteiger partial charge >= 0.3 is 6.18 Å². The number of phenolic OH excluding ortho intramolecular Hbond substituents is 1. The van der Waals surface area contributed by atoms with Crippen molar-refractivity contribution < 1.29 is 27.9 Å². The third kappa shape index (κ3) is 6.20. The van der Waals surface area contributed by atoms with E-state index in [1.807, 2.05) is 0 Å². The van der Waals surface area contributed by atoms with Gasteiger partial charge < -0.3 is 15.2 Å². The van der Waals surface area contributed by atoms with Crippen molar-refractivity contribution in [3.8, 4) is 5.75 Å². The van der Waals surface area contributed by atoms with Crippen molar-refractivity contribution in [1.82, 2.24) is 15.2 Å². The van der Waals surface area contributed by atoms with Crippen LogP contribution in [0, 0.1) is 0 Å². The van der Waals surface area contributed by atoms with Crippen LogP contribution in [0.3, 0.4) is 0 Å². The summed E-state index contributed by atoms with van der Waals surface area (Å²) in [5.41, 5.74) is -0.280. The van der Waals surface area contributed by atoms with E-state index in [9.17, 15) is 27.9 Å². The average molecular weight is 501 g/mol. The highest BCUT2D eigenvalue weighted by atomic mass is 35.5. The number of benzene rings is 2. The van der Waals surface area contributed by atoms with Gasteiger partial charge in [-0.1, -0.05) is 22.9 Å². The maximum atomic E-state index is 12.9. The van der Waals surface area contributed by atoms with E-state index < -0.39 is 17.6 Å².